The second-order valence-corrected chi connectivity index (χ2v) is 5.77. The molecule has 0 aliphatic rings. The van der Waals surface area contributed by atoms with Crippen LogP contribution in [0.2, 0.25) is 10.0 Å². The van der Waals surface area contributed by atoms with E-state index < -0.39 is 0 Å². The second-order valence-electron chi connectivity index (χ2n) is 4.96. The Hall–Kier alpha value is -2.57. The molecule has 3 rings (SSSR count). The molecule has 0 radical (unpaired) electrons. The maximum atomic E-state index is 12.2. The summed E-state index contributed by atoms with van der Waals surface area (Å²) in [5.41, 5.74) is 1.67. The Balaban J connectivity index is 1.75. The molecule has 1 amide bonds. The Bertz CT molecular complexity index is 895. The van der Waals surface area contributed by atoms with Crippen molar-refractivity contribution in [2.75, 3.05) is 10.6 Å². The molecule has 6 nitrogen and oxygen atoms in total. The molecule has 0 spiro atoms. The fraction of sp³-hybridized carbons (Fsp3) is 0.0625. The summed E-state index contributed by atoms with van der Waals surface area (Å²) in [6.07, 6.45) is 1.53. The van der Waals surface area contributed by atoms with Crippen molar-refractivity contribution < 1.29 is 9.32 Å². The van der Waals surface area contributed by atoms with Crippen molar-refractivity contribution in [3.8, 4) is 0 Å². The molecule has 0 saturated heterocycles. The number of nitrogens with one attached hydrogen (secondary N) is 2. The lowest BCUT2D eigenvalue weighted by Crippen LogP contribution is -2.14. The van der Waals surface area contributed by atoms with Crippen molar-refractivity contribution in [1.29, 1.82) is 0 Å². The number of pyridine rings is 1. The summed E-state index contributed by atoms with van der Waals surface area (Å²) in [6, 6.07) is 10.1. The van der Waals surface area contributed by atoms with Gasteiger partial charge in [0.2, 0.25) is 0 Å². The molecule has 0 saturated carbocycles. The molecule has 1 aromatic carbocycles. The molecule has 0 atom stereocenters. The summed E-state index contributed by atoms with van der Waals surface area (Å²) in [7, 11) is 0. The van der Waals surface area contributed by atoms with Crippen molar-refractivity contribution >= 4 is 46.3 Å². The van der Waals surface area contributed by atoms with Crippen molar-refractivity contribution in [2.24, 2.45) is 0 Å². The zero-order chi connectivity index (χ0) is 17.1. The SMILES string of the molecule is Cc1cc(NC(=O)c2cc(Nc3ccc(Cl)c(Cl)c3)ccn2)no1. The van der Waals surface area contributed by atoms with E-state index in [1.807, 2.05) is 0 Å². The largest absolute Gasteiger partial charge is 0.360 e. The number of amides is 1. The standard InChI is InChI=1S/C16H12Cl2N4O2/c1-9-6-15(22-24-9)21-16(23)14-8-11(4-5-19-14)20-10-2-3-12(17)13(18)7-10/h2-8H,1H3,(H,19,20)(H,21,22,23). The van der Waals surface area contributed by atoms with Gasteiger partial charge in [0.05, 0.1) is 10.0 Å². The molecule has 122 valence electrons. The molecule has 8 heteroatoms. The van der Waals surface area contributed by atoms with Gasteiger partial charge >= 0.3 is 0 Å². The highest BCUT2D eigenvalue weighted by molar-refractivity contribution is 6.42. The molecule has 0 fully saturated rings. The first-order valence-corrected chi connectivity index (χ1v) is 7.69. The van der Waals surface area contributed by atoms with Gasteiger partial charge in [-0.1, -0.05) is 28.4 Å². The number of anilines is 3. The van der Waals surface area contributed by atoms with Crippen LogP contribution in [0.15, 0.2) is 47.1 Å². The average molecular weight is 363 g/mol. The molecule has 0 bridgehead atoms. The number of hydrogen-bond donors (Lipinski definition) is 2. The van der Waals surface area contributed by atoms with Crippen LogP contribution in [0.25, 0.3) is 0 Å². The Labute approximate surface area is 147 Å². The number of hydrogen-bond acceptors (Lipinski definition) is 5. The van der Waals surface area contributed by atoms with Crippen LogP contribution >= 0.6 is 23.2 Å². The van der Waals surface area contributed by atoms with E-state index in [0.29, 0.717) is 27.3 Å². The van der Waals surface area contributed by atoms with Crippen molar-refractivity contribution in [2.45, 2.75) is 6.92 Å². The molecular formula is C16H12Cl2N4O2. The average Bonchev–Trinajstić information content (AvgIpc) is 2.96. The van der Waals surface area contributed by atoms with Crippen LogP contribution in [-0.4, -0.2) is 16.0 Å². The van der Waals surface area contributed by atoms with Crippen LogP contribution in [0.5, 0.6) is 0 Å². The fourth-order valence-electron chi connectivity index (χ4n) is 1.98. The lowest BCUT2D eigenvalue weighted by molar-refractivity contribution is 0.102. The molecule has 0 aliphatic heterocycles. The second kappa shape index (κ2) is 6.90. The van der Waals surface area contributed by atoms with Crippen molar-refractivity contribution in [1.82, 2.24) is 10.1 Å². The minimum atomic E-state index is -0.388. The molecule has 2 aromatic heterocycles. The van der Waals surface area contributed by atoms with E-state index in [-0.39, 0.29) is 11.6 Å². The summed E-state index contributed by atoms with van der Waals surface area (Å²) in [6.45, 7) is 1.74. The number of carbonyl (C=O) groups is 1. The molecule has 24 heavy (non-hydrogen) atoms. The first kappa shape index (κ1) is 16.3. The topological polar surface area (TPSA) is 80.0 Å². The maximum Gasteiger partial charge on any atom is 0.275 e. The smallest absolute Gasteiger partial charge is 0.275 e. The van der Waals surface area contributed by atoms with Gasteiger partial charge in [-0.2, -0.15) is 0 Å². The zero-order valence-corrected chi connectivity index (χ0v) is 14.0. The first-order valence-electron chi connectivity index (χ1n) is 6.94. The highest BCUT2D eigenvalue weighted by atomic mass is 35.5. The van der Waals surface area contributed by atoms with Gasteiger partial charge < -0.3 is 15.2 Å². The lowest BCUT2D eigenvalue weighted by Gasteiger charge is -2.08. The predicted octanol–water partition coefficient (Wildman–Crippen LogP) is 4.68. The number of halogens is 2. The maximum absolute atomic E-state index is 12.2. The van der Waals surface area contributed by atoms with Crippen molar-refractivity contribution in [3.63, 3.8) is 0 Å². The summed E-state index contributed by atoms with van der Waals surface area (Å²) in [5.74, 6) is 0.552. The number of rotatable bonds is 4. The monoisotopic (exact) mass is 362 g/mol. The fourth-order valence-corrected chi connectivity index (χ4v) is 2.28. The van der Waals surface area contributed by atoms with Gasteiger partial charge in [-0.25, -0.2) is 0 Å². The summed E-state index contributed by atoms with van der Waals surface area (Å²) < 4.78 is 4.90. The van der Waals surface area contributed by atoms with Gasteiger partial charge in [0.1, 0.15) is 11.5 Å². The van der Waals surface area contributed by atoms with E-state index in [9.17, 15) is 4.79 Å². The van der Waals surface area contributed by atoms with E-state index in [1.54, 1.807) is 43.3 Å². The van der Waals surface area contributed by atoms with Crippen LogP contribution in [0.1, 0.15) is 16.2 Å². The van der Waals surface area contributed by atoms with Gasteiger partial charge in [-0.05, 0) is 37.3 Å². The quantitative estimate of drug-likeness (QED) is 0.704. The van der Waals surface area contributed by atoms with Gasteiger partial charge in [0.15, 0.2) is 5.82 Å². The first-order chi connectivity index (χ1) is 11.5. The van der Waals surface area contributed by atoms with E-state index in [0.717, 1.165) is 5.69 Å². The van der Waals surface area contributed by atoms with Crippen LogP contribution in [-0.2, 0) is 0 Å². The minimum absolute atomic E-state index is 0.237. The van der Waals surface area contributed by atoms with Crippen LogP contribution in [0, 0.1) is 6.92 Å². The number of aromatic nitrogens is 2. The van der Waals surface area contributed by atoms with Gasteiger partial charge in [0, 0.05) is 23.6 Å². The summed E-state index contributed by atoms with van der Waals surface area (Å²) in [4.78, 5) is 16.3. The normalized spacial score (nSPS) is 10.5. The van der Waals surface area contributed by atoms with E-state index in [1.165, 1.54) is 6.20 Å². The Kier molecular flexibility index (Phi) is 4.69. The molecule has 0 unspecified atom stereocenters. The molecular weight excluding hydrogens is 351 g/mol. The zero-order valence-electron chi connectivity index (χ0n) is 12.5. The Morgan fingerprint density at radius 3 is 2.58 bits per heavy atom. The number of nitrogens with zero attached hydrogens (tertiary/aromatic N) is 2. The number of benzene rings is 1. The third-order valence-corrected chi connectivity index (χ3v) is 3.81. The van der Waals surface area contributed by atoms with E-state index in [2.05, 4.69) is 20.8 Å². The summed E-state index contributed by atoms with van der Waals surface area (Å²) in [5, 5.41) is 10.4. The van der Waals surface area contributed by atoms with Crippen LogP contribution < -0.4 is 10.6 Å². The number of aryl methyl sites for hydroxylation is 1. The molecule has 0 aliphatic carbocycles. The minimum Gasteiger partial charge on any atom is -0.360 e. The molecule has 2 N–H and O–H groups in total. The Morgan fingerprint density at radius 2 is 1.88 bits per heavy atom. The number of carbonyl (C=O) groups excluding carboxylic acids is 1. The van der Waals surface area contributed by atoms with Gasteiger partial charge in [0.25, 0.3) is 5.91 Å². The predicted molar refractivity (Wildman–Crippen MR) is 93.2 cm³/mol. The molecule has 3 aromatic rings. The van der Waals surface area contributed by atoms with Gasteiger partial charge in [-0.15, -0.1) is 0 Å². The van der Waals surface area contributed by atoms with E-state index in [4.69, 9.17) is 27.7 Å². The Morgan fingerprint density at radius 1 is 1.08 bits per heavy atom. The van der Waals surface area contributed by atoms with Crippen molar-refractivity contribution in [3.05, 3.63) is 64.1 Å². The third-order valence-electron chi connectivity index (χ3n) is 3.07. The van der Waals surface area contributed by atoms with E-state index >= 15 is 0 Å². The highest BCUT2D eigenvalue weighted by Gasteiger charge is 2.11. The third kappa shape index (κ3) is 3.84. The molecule has 2 heterocycles. The summed E-state index contributed by atoms with van der Waals surface area (Å²) >= 11 is 11.9. The van der Waals surface area contributed by atoms with Gasteiger partial charge in [-0.3, -0.25) is 9.78 Å². The van der Waals surface area contributed by atoms with Crippen LogP contribution in [0.3, 0.4) is 0 Å². The lowest BCUT2D eigenvalue weighted by atomic mass is 10.2. The highest BCUT2D eigenvalue weighted by Crippen LogP contribution is 2.27. The van der Waals surface area contributed by atoms with Crippen LogP contribution in [0.4, 0.5) is 17.2 Å².